The third kappa shape index (κ3) is 5.28. The Hall–Kier alpha value is -1.95. The number of nitrogens with zero attached hydrogens (tertiary/aromatic N) is 1. The molecule has 0 bridgehead atoms. The molecule has 0 atom stereocenters. The minimum absolute atomic E-state index is 0.330. The molecule has 0 aliphatic rings. The maximum Gasteiger partial charge on any atom is 0.243 e. The van der Waals surface area contributed by atoms with Gasteiger partial charge in [0.2, 0.25) is 10.0 Å². The molecule has 140 valence electrons. The average molecular weight is 444 g/mol. The van der Waals surface area contributed by atoms with Crippen LogP contribution in [0.4, 0.5) is 0 Å². The van der Waals surface area contributed by atoms with Gasteiger partial charge in [0, 0.05) is 18.4 Å². The minimum atomic E-state index is -3.58. The molecule has 0 saturated carbocycles. The van der Waals surface area contributed by atoms with Crippen LogP contribution in [0.1, 0.15) is 16.7 Å². The van der Waals surface area contributed by atoms with Gasteiger partial charge in [-0.15, -0.1) is 0 Å². The molecule has 0 amide bonds. The van der Waals surface area contributed by atoms with E-state index in [0.717, 1.165) is 16.7 Å². The highest BCUT2D eigenvalue weighted by molar-refractivity contribution is 9.08. The van der Waals surface area contributed by atoms with Crippen LogP contribution in [0.5, 0.6) is 0 Å². The Labute approximate surface area is 169 Å². The first-order valence-electron chi connectivity index (χ1n) is 8.82. The van der Waals surface area contributed by atoms with Gasteiger partial charge in [-0.05, 0) is 35.2 Å². The predicted molar refractivity (Wildman–Crippen MR) is 113 cm³/mol. The summed E-state index contributed by atoms with van der Waals surface area (Å²) in [7, 11) is -3.58. The molecular weight excluding hydrogens is 422 g/mol. The van der Waals surface area contributed by atoms with Crippen LogP contribution in [0.15, 0.2) is 89.8 Å². The van der Waals surface area contributed by atoms with Crippen LogP contribution < -0.4 is 0 Å². The zero-order chi connectivity index (χ0) is 19.1. The topological polar surface area (TPSA) is 37.4 Å². The van der Waals surface area contributed by atoms with Crippen molar-refractivity contribution in [3.63, 3.8) is 0 Å². The number of sulfonamides is 1. The van der Waals surface area contributed by atoms with E-state index >= 15 is 0 Å². The lowest BCUT2D eigenvalue weighted by Gasteiger charge is -2.22. The highest BCUT2D eigenvalue weighted by Gasteiger charge is 2.24. The Kier molecular flexibility index (Phi) is 6.83. The first-order chi connectivity index (χ1) is 13.1. The highest BCUT2D eigenvalue weighted by atomic mass is 79.9. The Morgan fingerprint density at radius 1 is 0.704 bits per heavy atom. The van der Waals surface area contributed by atoms with Gasteiger partial charge in [-0.25, -0.2) is 8.42 Å². The van der Waals surface area contributed by atoms with Gasteiger partial charge in [0.05, 0.1) is 4.90 Å². The van der Waals surface area contributed by atoms with Crippen molar-refractivity contribution >= 4 is 26.0 Å². The van der Waals surface area contributed by atoms with E-state index in [9.17, 15) is 8.42 Å². The van der Waals surface area contributed by atoms with Crippen molar-refractivity contribution < 1.29 is 8.42 Å². The summed E-state index contributed by atoms with van der Waals surface area (Å²) in [6, 6.07) is 26.8. The molecule has 0 aliphatic carbocycles. The SMILES string of the molecule is O=S(=O)(c1ccc(CBr)cc1)N(CCc1ccccc1)Cc1ccccc1. The zero-order valence-corrected chi connectivity index (χ0v) is 17.4. The summed E-state index contributed by atoms with van der Waals surface area (Å²) in [4.78, 5) is 0.330. The first-order valence-corrected chi connectivity index (χ1v) is 11.4. The molecule has 0 spiro atoms. The summed E-state index contributed by atoms with van der Waals surface area (Å²) in [5.41, 5.74) is 3.15. The second-order valence-corrected chi connectivity index (χ2v) is 8.84. The number of hydrogen-bond donors (Lipinski definition) is 0. The molecule has 5 heteroatoms. The van der Waals surface area contributed by atoms with E-state index in [1.165, 1.54) is 0 Å². The zero-order valence-electron chi connectivity index (χ0n) is 15.0. The molecule has 0 aliphatic heterocycles. The standard InChI is InChI=1S/C22H22BrNO2S/c23-17-20-11-13-22(14-12-20)27(25,26)24(18-21-9-5-2-6-10-21)16-15-19-7-3-1-4-8-19/h1-14H,15-18H2. The van der Waals surface area contributed by atoms with Crippen LogP contribution in [0.2, 0.25) is 0 Å². The molecule has 3 aromatic carbocycles. The van der Waals surface area contributed by atoms with E-state index in [0.29, 0.717) is 29.7 Å². The van der Waals surface area contributed by atoms with Crippen molar-refractivity contribution in [2.75, 3.05) is 6.54 Å². The molecule has 0 saturated heterocycles. The van der Waals surface area contributed by atoms with Crippen molar-refractivity contribution in [3.05, 3.63) is 102 Å². The van der Waals surface area contributed by atoms with E-state index in [2.05, 4.69) is 15.9 Å². The molecule has 0 fully saturated rings. The lowest BCUT2D eigenvalue weighted by molar-refractivity contribution is 0.409. The lowest BCUT2D eigenvalue weighted by atomic mass is 10.1. The van der Waals surface area contributed by atoms with Crippen LogP contribution in [-0.4, -0.2) is 19.3 Å². The van der Waals surface area contributed by atoms with Crippen molar-refractivity contribution in [1.29, 1.82) is 0 Å². The molecule has 0 N–H and O–H groups in total. The Morgan fingerprint density at radius 3 is 1.81 bits per heavy atom. The van der Waals surface area contributed by atoms with Gasteiger partial charge in [-0.1, -0.05) is 88.7 Å². The average Bonchev–Trinajstić information content (AvgIpc) is 2.72. The summed E-state index contributed by atoms with van der Waals surface area (Å²) in [6.07, 6.45) is 0.673. The van der Waals surface area contributed by atoms with Crippen LogP contribution in [-0.2, 0) is 28.3 Å². The molecule has 0 unspecified atom stereocenters. The number of benzene rings is 3. The normalized spacial score (nSPS) is 11.6. The molecular formula is C22H22BrNO2S. The van der Waals surface area contributed by atoms with Crippen LogP contribution in [0.25, 0.3) is 0 Å². The Bertz CT molecular complexity index is 943. The largest absolute Gasteiger partial charge is 0.243 e. The van der Waals surface area contributed by atoms with E-state index in [1.54, 1.807) is 16.4 Å². The minimum Gasteiger partial charge on any atom is -0.207 e. The quantitative estimate of drug-likeness (QED) is 0.458. The van der Waals surface area contributed by atoms with Crippen molar-refractivity contribution in [2.45, 2.75) is 23.2 Å². The summed E-state index contributed by atoms with van der Waals surface area (Å²) < 4.78 is 28.1. The number of alkyl halides is 1. The summed E-state index contributed by atoms with van der Waals surface area (Å²) in [6.45, 7) is 0.789. The van der Waals surface area contributed by atoms with Crippen LogP contribution in [0.3, 0.4) is 0 Å². The number of halogens is 1. The highest BCUT2D eigenvalue weighted by Crippen LogP contribution is 2.20. The maximum absolute atomic E-state index is 13.3. The summed E-state index contributed by atoms with van der Waals surface area (Å²) in [5, 5.41) is 0.703. The van der Waals surface area contributed by atoms with Crippen LogP contribution >= 0.6 is 15.9 Å². The maximum atomic E-state index is 13.3. The summed E-state index contributed by atoms with van der Waals surface area (Å²) >= 11 is 3.40. The van der Waals surface area contributed by atoms with E-state index < -0.39 is 10.0 Å². The van der Waals surface area contributed by atoms with Crippen LogP contribution in [0, 0.1) is 0 Å². The van der Waals surface area contributed by atoms with Gasteiger partial charge in [-0.2, -0.15) is 4.31 Å². The molecule has 3 rings (SSSR count). The van der Waals surface area contributed by atoms with E-state index in [1.807, 2.05) is 72.8 Å². The number of rotatable bonds is 8. The molecule has 0 aromatic heterocycles. The van der Waals surface area contributed by atoms with E-state index in [-0.39, 0.29) is 0 Å². The predicted octanol–water partition coefficient (Wildman–Crippen LogP) is 5.02. The fourth-order valence-corrected chi connectivity index (χ4v) is 4.67. The van der Waals surface area contributed by atoms with Gasteiger partial charge < -0.3 is 0 Å². The third-order valence-electron chi connectivity index (χ3n) is 4.41. The third-order valence-corrected chi connectivity index (χ3v) is 6.92. The second kappa shape index (κ2) is 9.31. The Morgan fingerprint density at radius 2 is 1.26 bits per heavy atom. The van der Waals surface area contributed by atoms with Gasteiger partial charge >= 0.3 is 0 Å². The van der Waals surface area contributed by atoms with Gasteiger partial charge in [-0.3, -0.25) is 0 Å². The molecule has 27 heavy (non-hydrogen) atoms. The summed E-state index contributed by atoms with van der Waals surface area (Å²) in [5.74, 6) is 0. The van der Waals surface area contributed by atoms with Crippen molar-refractivity contribution in [3.8, 4) is 0 Å². The fourth-order valence-electron chi connectivity index (χ4n) is 2.87. The van der Waals surface area contributed by atoms with Gasteiger partial charge in [0.25, 0.3) is 0 Å². The van der Waals surface area contributed by atoms with E-state index in [4.69, 9.17) is 0 Å². The monoisotopic (exact) mass is 443 g/mol. The smallest absolute Gasteiger partial charge is 0.207 e. The van der Waals surface area contributed by atoms with Crippen molar-refractivity contribution in [1.82, 2.24) is 4.31 Å². The second-order valence-electron chi connectivity index (χ2n) is 6.34. The lowest BCUT2D eigenvalue weighted by Crippen LogP contribution is -2.32. The first kappa shape index (κ1) is 19.8. The molecule has 0 heterocycles. The van der Waals surface area contributed by atoms with Gasteiger partial charge in [0.1, 0.15) is 0 Å². The fraction of sp³-hybridized carbons (Fsp3) is 0.182. The molecule has 0 radical (unpaired) electrons. The molecule has 3 nitrogen and oxygen atoms in total. The van der Waals surface area contributed by atoms with Gasteiger partial charge in [0.15, 0.2) is 0 Å². The number of hydrogen-bond acceptors (Lipinski definition) is 2. The van der Waals surface area contributed by atoms with Crippen molar-refractivity contribution in [2.24, 2.45) is 0 Å². The molecule has 3 aromatic rings. The Balaban J connectivity index is 1.86.